The Kier molecular flexibility index (Phi) is 2.32. The van der Waals surface area contributed by atoms with Crippen molar-refractivity contribution in [2.45, 2.75) is 6.42 Å². The summed E-state index contributed by atoms with van der Waals surface area (Å²) < 4.78 is 0. The summed E-state index contributed by atoms with van der Waals surface area (Å²) in [5.41, 5.74) is 1.90. The van der Waals surface area contributed by atoms with Gasteiger partial charge in [-0.3, -0.25) is 0 Å². The lowest BCUT2D eigenvalue weighted by Gasteiger charge is -2.01. The van der Waals surface area contributed by atoms with Crippen molar-refractivity contribution < 1.29 is 5.11 Å². The molecule has 0 heterocycles. The third-order valence-corrected chi connectivity index (χ3v) is 1.56. The van der Waals surface area contributed by atoms with Crippen molar-refractivity contribution in [3.63, 3.8) is 0 Å². The standard InChI is InChI=1S/C10H11O/c1-3-8(2)9-5-4-6-10(11)7-9/h4-7,11H,1-3H2. The Hall–Kier alpha value is -1.24. The van der Waals surface area contributed by atoms with Crippen LogP contribution in [0.4, 0.5) is 0 Å². The van der Waals surface area contributed by atoms with Gasteiger partial charge in [0.2, 0.25) is 0 Å². The van der Waals surface area contributed by atoms with Crippen molar-refractivity contribution in [2.24, 2.45) is 0 Å². The van der Waals surface area contributed by atoms with Crippen LogP contribution in [0.5, 0.6) is 5.75 Å². The molecule has 1 rings (SSSR count). The Balaban J connectivity index is 2.96. The van der Waals surface area contributed by atoms with Crippen LogP contribution in [0, 0.1) is 6.92 Å². The molecule has 0 saturated heterocycles. The van der Waals surface area contributed by atoms with Gasteiger partial charge < -0.3 is 5.11 Å². The fraction of sp³-hybridized carbons (Fsp3) is 0.100. The molecule has 0 aliphatic rings. The van der Waals surface area contributed by atoms with Crippen LogP contribution >= 0.6 is 0 Å². The monoisotopic (exact) mass is 147 g/mol. The molecule has 0 fully saturated rings. The fourth-order valence-electron chi connectivity index (χ4n) is 0.870. The van der Waals surface area contributed by atoms with Gasteiger partial charge in [0.15, 0.2) is 0 Å². The van der Waals surface area contributed by atoms with E-state index in [4.69, 9.17) is 5.11 Å². The van der Waals surface area contributed by atoms with Crippen molar-refractivity contribution >= 4 is 5.57 Å². The summed E-state index contributed by atoms with van der Waals surface area (Å²) in [6, 6.07) is 7.03. The first-order valence-electron chi connectivity index (χ1n) is 3.50. The smallest absolute Gasteiger partial charge is 0.116 e. The van der Waals surface area contributed by atoms with Crippen molar-refractivity contribution in [2.75, 3.05) is 0 Å². The second-order valence-corrected chi connectivity index (χ2v) is 2.40. The number of hydrogen-bond acceptors (Lipinski definition) is 1. The number of phenols is 1. The van der Waals surface area contributed by atoms with Gasteiger partial charge in [-0.05, 0) is 36.6 Å². The molecule has 0 atom stereocenters. The van der Waals surface area contributed by atoms with E-state index < -0.39 is 0 Å². The molecule has 0 unspecified atom stereocenters. The molecule has 11 heavy (non-hydrogen) atoms. The van der Waals surface area contributed by atoms with E-state index >= 15 is 0 Å². The van der Waals surface area contributed by atoms with Gasteiger partial charge in [-0.25, -0.2) is 0 Å². The normalized spacial score (nSPS) is 9.55. The molecule has 0 aliphatic carbocycles. The van der Waals surface area contributed by atoms with Crippen molar-refractivity contribution in [3.8, 4) is 5.75 Å². The zero-order chi connectivity index (χ0) is 8.27. The first kappa shape index (κ1) is 7.86. The Labute approximate surface area is 67.0 Å². The van der Waals surface area contributed by atoms with E-state index in [1.54, 1.807) is 18.2 Å². The van der Waals surface area contributed by atoms with E-state index in [9.17, 15) is 0 Å². The van der Waals surface area contributed by atoms with Crippen LogP contribution in [0.2, 0.25) is 0 Å². The number of rotatable bonds is 2. The summed E-state index contributed by atoms with van der Waals surface area (Å²) in [7, 11) is 0. The molecular weight excluding hydrogens is 136 g/mol. The maximum Gasteiger partial charge on any atom is 0.116 e. The average molecular weight is 147 g/mol. The number of aromatic hydroxyl groups is 1. The maximum absolute atomic E-state index is 9.10. The Bertz CT molecular complexity index is 263. The van der Waals surface area contributed by atoms with Gasteiger partial charge in [0, 0.05) is 0 Å². The number of phenolic OH excluding ortho intramolecular Hbond substituents is 1. The molecule has 1 aromatic carbocycles. The lowest BCUT2D eigenvalue weighted by molar-refractivity contribution is 0.475. The second kappa shape index (κ2) is 3.24. The van der Waals surface area contributed by atoms with E-state index in [1.807, 2.05) is 6.07 Å². The van der Waals surface area contributed by atoms with Gasteiger partial charge in [-0.1, -0.05) is 18.7 Å². The van der Waals surface area contributed by atoms with E-state index in [0.29, 0.717) is 6.42 Å². The summed E-state index contributed by atoms with van der Waals surface area (Å²) in [5, 5.41) is 9.10. The van der Waals surface area contributed by atoms with Gasteiger partial charge in [-0.2, -0.15) is 0 Å². The molecule has 0 saturated carbocycles. The third kappa shape index (κ3) is 1.84. The summed E-state index contributed by atoms with van der Waals surface area (Å²) in [5.74, 6) is 0.275. The van der Waals surface area contributed by atoms with Crippen molar-refractivity contribution in [1.82, 2.24) is 0 Å². The van der Waals surface area contributed by atoms with Crippen LogP contribution in [0.1, 0.15) is 12.0 Å². The summed E-state index contributed by atoms with van der Waals surface area (Å²) in [4.78, 5) is 0. The topological polar surface area (TPSA) is 20.2 Å². The highest BCUT2D eigenvalue weighted by molar-refractivity contribution is 5.64. The molecule has 1 radical (unpaired) electrons. The summed E-state index contributed by atoms with van der Waals surface area (Å²) >= 11 is 0. The molecule has 1 aromatic rings. The molecule has 0 aliphatic heterocycles. The minimum absolute atomic E-state index is 0.275. The number of hydrogen-bond donors (Lipinski definition) is 1. The molecule has 0 spiro atoms. The van der Waals surface area contributed by atoms with Crippen LogP contribution in [0.25, 0.3) is 5.57 Å². The molecule has 0 bridgehead atoms. The highest BCUT2D eigenvalue weighted by Gasteiger charge is 1.95. The Morgan fingerprint density at radius 1 is 1.45 bits per heavy atom. The zero-order valence-electron chi connectivity index (χ0n) is 6.38. The van der Waals surface area contributed by atoms with Crippen molar-refractivity contribution in [1.29, 1.82) is 0 Å². The van der Waals surface area contributed by atoms with Gasteiger partial charge in [-0.15, -0.1) is 0 Å². The van der Waals surface area contributed by atoms with Crippen LogP contribution in [-0.4, -0.2) is 5.11 Å². The highest BCUT2D eigenvalue weighted by atomic mass is 16.3. The first-order valence-corrected chi connectivity index (χ1v) is 3.50. The molecule has 0 amide bonds. The molecule has 1 N–H and O–H groups in total. The number of allylic oxidation sites excluding steroid dienone is 1. The number of benzene rings is 1. The van der Waals surface area contributed by atoms with Gasteiger partial charge in [0.05, 0.1) is 0 Å². The predicted octanol–water partition coefficient (Wildman–Crippen LogP) is 2.63. The maximum atomic E-state index is 9.10. The molecule has 0 aromatic heterocycles. The summed E-state index contributed by atoms with van der Waals surface area (Å²) in [6.45, 7) is 7.52. The van der Waals surface area contributed by atoms with Crippen molar-refractivity contribution in [3.05, 3.63) is 43.3 Å². The van der Waals surface area contributed by atoms with E-state index in [2.05, 4.69) is 13.5 Å². The molecule has 1 heteroatoms. The van der Waals surface area contributed by atoms with Crippen LogP contribution in [-0.2, 0) is 0 Å². The quantitative estimate of drug-likeness (QED) is 0.681. The minimum Gasteiger partial charge on any atom is -0.508 e. The van der Waals surface area contributed by atoms with Crippen LogP contribution in [0.3, 0.4) is 0 Å². The van der Waals surface area contributed by atoms with Crippen LogP contribution in [0.15, 0.2) is 30.8 Å². The molecular formula is C10H11O. The highest BCUT2D eigenvalue weighted by Crippen LogP contribution is 2.19. The second-order valence-electron chi connectivity index (χ2n) is 2.40. The van der Waals surface area contributed by atoms with Gasteiger partial charge >= 0.3 is 0 Å². The zero-order valence-corrected chi connectivity index (χ0v) is 6.38. The largest absolute Gasteiger partial charge is 0.508 e. The third-order valence-electron chi connectivity index (χ3n) is 1.56. The Morgan fingerprint density at radius 2 is 2.18 bits per heavy atom. The first-order chi connectivity index (χ1) is 5.24. The Morgan fingerprint density at radius 3 is 2.73 bits per heavy atom. The fourth-order valence-corrected chi connectivity index (χ4v) is 0.870. The average Bonchev–Trinajstić information content (AvgIpc) is 2.03. The van der Waals surface area contributed by atoms with E-state index in [1.165, 1.54) is 0 Å². The van der Waals surface area contributed by atoms with E-state index in [-0.39, 0.29) is 5.75 Å². The van der Waals surface area contributed by atoms with Crippen LogP contribution < -0.4 is 0 Å². The SMILES string of the molecule is [CH2]CC(=C)c1cccc(O)c1. The predicted molar refractivity (Wildman–Crippen MR) is 47.1 cm³/mol. The van der Waals surface area contributed by atoms with Gasteiger partial charge in [0.25, 0.3) is 0 Å². The van der Waals surface area contributed by atoms with E-state index in [0.717, 1.165) is 11.1 Å². The minimum atomic E-state index is 0.275. The summed E-state index contributed by atoms with van der Waals surface area (Å²) in [6.07, 6.45) is 0.670. The van der Waals surface area contributed by atoms with Gasteiger partial charge in [0.1, 0.15) is 5.75 Å². The lowest BCUT2D eigenvalue weighted by atomic mass is 10.1. The lowest BCUT2D eigenvalue weighted by Crippen LogP contribution is -1.79. The molecule has 1 nitrogen and oxygen atoms in total. The molecule has 57 valence electrons.